The fraction of sp³-hybridized carbons (Fsp3) is 0.562. The number of carbonyl (C=O) groups excluding carboxylic acids is 1. The van der Waals surface area contributed by atoms with Crippen LogP contribution in [0.1, 0.15) is 18.4 Å². The molecular formula is C16H27Cl2N3O2. The molecule has 1 aromatic rings. The van der Waals surface area contributed by atoms with Gasteiger partial charge in [0.15, 0.2) is 0 Å². The van der Waals surface area contributed by atoms with Crippen molar-refractivity contribution in [3.8, 4) is 0 Å². The topological polar surface area (TPSA) is 67.6 Å². The average Bonchev–Trinajstić information content (AvgIpc) is 2.47. The zero-order valence-electron chi connectivity index (χ0n) is 13.7. The third-order valence-electron chi connectivity index (χ3n) is 4.01. The van der Waals surface area contributed by atoms with Gasteiger partial charge in [0, 0.05) is 32.0 Å². The molecule has 1 fully saturated rings. The Bertz CT molecular complexity index is 492. The minimum absolute atomic E-state index is 0. The van der Waals surface area contributed by atoms with Crippen LogP contribution in [0.15, 0.2) is 24.3 Å². The molecule has 23 heavy (non-hydrogen) atoms. The molecule has 5 nitrogen and oxygen atoms in total. The van der Waals surface area contributed by atoms with E-state index in [9.17, 15) is 4.79 Å². The number of nitrogens with two attached hydrogens (primary N) is 1. The summed E-state index contributed by atoms with van der Waals surface area (Å²) < 4.78 is 5.35. The van der Waals surface area contributed by atoms with Gasteiger partial charge in [-0.15, -0.1) is 24.8 Å². The van der Waals surface area contributed by atoms with Crippen LogP contribution >= 0.6 is 24.8 Å². The highest BCUT2D eigenvalue weighted by atomic mass is 35.5. The van der Waals surface area contributed by atoms with E-state index in [2.05, 4.69) is 16.3 Å². The number of hydrogen-bond donors (Lipinski definition) is 2. The molecule has 1 aliphatic rings. The average molecular weight is 364 g/mol. The summed E-state index contributed by atoms with van der Waals surface area (Å²) in [6.07, 6.45) is 1.37. The van der Waals surface area contributed by atoms with Crippen LogP contribution in [-0.4, -0.2) is 44.7 Å². The van der Waals surface area contributed by atoms with Crippen molar-refractivity contribution in [1.82, 2.24) is 4.90 Å². The number of nitrogens with one attached hydrogen (secondary N) is 1. The molecule has 0 aromatic heterocycles. The minimum Gasteiger partial charge on any atom is -0.381 e. The molecule has 1 aromatic carbocycles. The van der Waals surface area contributed by atoms with Crippen LogP contribution in [0.5, 0.6) is 0 Å². The smallest absolute Gasteiger partial charge is 0.232 e. The molecule has 0 saturated carbocycles. The molecule has 1 amide bonds. The van der Waals surface area contributed by atoms with Gasteiger partial charge in [-0.1, -0.05) is 12.1 Å². The van der Waals surface area contributed by atoms with Crippen molar-refractivity contribution in [3.63, 3.8) is 0 Å². The predicted octanol–water partition coefficient (Wildman–Crippen LogP) is 2.29. The Balaban J connectivity index is 0.00000242. The predicted molar refractivity (Wildman–Crippen MR) is 98.5 cm³/mol. The molecule has 1 aliphatic heterocycles. The van der Waals surface area contributed by atoms with Gasteiger partial charge in [0.2, 0.25) is 5.91 Å². The Hall–Kier alpha value is -0.850. The number of hydrogen-bond acceptors (Lipinski definition) is 4. The zero-order chi connectivity index (χ0) is 15.3. The Morgan fingerprint density at radius 2 is 1.96 bits per heavy atom. The molecule has 2 rings (SSSR count). The number of benzene rings is 1. The first kappa shape index (κ1) is 22.1. The van der Waals surface area contributed by atoms with Gasteiger partial charge >= 0.3 is 0 Å². The van der Waals surface area contributed by atoms with Gasteiger partial charge in [0.1, 0.15) is 0 Å². The normalized spacial score (nSPS) is 16.2. The van der Waals surface area contributed by atoms with Gasteiger partial charge in [-0.2, -0.15) is 0 Å². The van der Waals surface area contributed by atoms with E-state index in [-0.39, 0.29) is 30.7 Å². The minimum atomic E-state index is -0.490. The second kappa shape index (κ2) is 10.1. The molecule has 0 aliphatic carbocycles. The van der Waals surface area contributed by atoms with Crippen molar-refractivity contribution in [3.05, 3.63) is 29.8 Å². The van der Waals surface area contributed by atoms with E-state index in [1.165, 1.54) is 5.56 Å². The molecule has 7 heteroatoms. The number of carbonyl (C=O) groups is 1. The van der Waals surface area contributed by atoms with Crippen LogP contribution in [0.3, 0.4) is 0 Å². The van der Waals surface area contributed by atoms with Gasteiger partial charge in [-0.25, -0.2) is 0 Å². The summed E-state index contributed by atoms with van der Waals surface area (Å²) >= 11 is 0. The molecule has 1 heterocycles. The van der Waals surface area contributed by atoms with Crippen molar-refractivity contribution >= 4 is 36.4 Å². The summed E-state index contributed by atoms with van der Waals surface area (Å²) in [6, 6.07) is 7.96. The maximum Gasteiger partial charge on any atom is 0.232 e. The van der Waals surface area contributed by atoms with Crippen LogP contribution in [0, 0.1) is 5.41 Å². The lowest BCUT2D eigenvalue weighted by Crippen LogP contribution is -2.46. The van der Waals surface area contributed by atoms with E-state index in [1.807, 2.05) is 32.3 Å². The maximum atomic E-state index is 12.6. The third-order valence-corrected chi connectivity index (χ3v) is 4.01. The zero-order valence-corrected chi connectivity index (χ0v) is 15.3. The molecule has 0 atom stereocenters. The van der Waals surface area contributed by atoms with Crippen LogP contribution in [0.2, 0.25) is 0 Å². The highest BCUT2D eigenvalue weighted by molar-refractivity contribution is 5.95. The fourth-order valence-electron chi connectivity index (χ4n) is 2.66. The molecule has 0 unspecified atom stereocenters. The van der Waals surface area contributed by atoms with Gasteiger partial charge in [0.05, 0.1) is 5.41 Å². The van der Waals surface area contributed by atoms with Crippen LogP contribution in [-0.2, 0) is 16.1 Å². The Morgan fingerprint density at radius 3 is 2.52 bits per heavy atom. The number of ether oxygens (including phenoxy) is 1. The largest absolute Gasteiger partial charge is 0.381 e. The van der Waals surface area contributed by atoms with Crippen molar-refractivity contribution in [2.24, 2.45) is 11.1 Å². The maximum absolute atomic E-state index is 12.6. The molecule has 0 spiro atoms. The lowest BCUT2D eigenvalue weighted by Gasteiger charge is -2.34. The summed E-state index contributed by atoms with van der Waals surface area (Å²) in [6.45, 7) is 2.41. The second-order valence-electron chi connectivity index (χ2n) is 5.99. The number of anilines is 1. The number of nitrogens with zero attached hydrogens (tertiary/aromatic N) is 1. The van der Waals surface area contributed by atoms with E-state index >= 15 is 0 Å². The van der Waals surface area contributed by atoms with Gasteiger partial charge in [-0.05, 0) is 44.6 Å². The van der Waals surface area contributed by atoms with Crippen LogP contribution in [0.25, 0.3) is 0 Å². The highest BCUT2D eigenvalue weighted by Gasteiger charge is 2.38. The number of amides is 1. The van der Waals surface area contributed by atoms with Gasteiger partial charge in [0.25, 0.3) is 0 Å². The molecule has 3 N–H and O–H groups in total. The summed E-state index contributed by atoms with van der Waals surface area (Å²) in [4.78, 5) is 14.7. The van der Waals surface area contributed by atoms with Gasteiger partial charge in [-0.3, -0.25) is 4.79 Å². The first-order valence-electron chi connectivity index (χ1n) is 7.39. The lowest BCUT2D eigenvalue weighted by molar-refractivity contribution is -0.130. The highest BCUT2D eigenvalue weighted by Crippen LogP contribution is 2.31. The van der Waals surface area contributed by atoms with Crippen molar-refractivity contribution in [2.45, 2.75) is 19.4 Å². The molecule has 132 valence electrons. The summed E-state index contributed by atoms with van der Waals surface area (Å²) in [7, 11) is 4.05. The van der Waals surface area contributed by atoms with Crippen molar-refractivity contribution in [2.75, 3.05) is 39.2 Å². The lowest BCUT2D eigenvalue weighted by atomic mass is 9.79. The summed E-state index contributed by atoms with van der Waals surface area (Å²) in [5.41, 5.74) is 7.38. The fourth-order valence-corrected chi connectivity index (χ4v) is 2.66. The number of rotatable bonds is 5. The van der Waals surface area contributed by atoms with Gasteiger partial charge < -0.3 is 20.7 Å². The second-order valence-corrected chi connectivity index (χ2v) is 5.99. The van der Waals surface area contributed by atoms with E-state index in [0.29, 0.717) is 32.6 Å². The summed E-state index contributed by atoms with van der Waals surface area (Å²) in [5, 5.41) is 3.02. The van der Waals surface area contributed by atoms with E-state index in [1.54, 1.807) is 0 Å². The standard InChI is InChI=1S/C16H25N3O2.2ClH/c1-19(2)11-13-4-3-5-14(10-13)18-15(20)16(12-17)6-8-21-9-7-16;;/h3-5,10H,6-9,11-12,17H2,1-2H3,(H,18,20);2*1H. The van der Waals surface area contributed by atoms with Crippen LogP contribution in [0.4, 0.5) is 5.69 Å². The monoisotopic (exact) mass is 363 g/mol. The SMILES string of the molecule is CN(C)Cc1cccc(NC(=O)C2(CN)CCOCC2)c1.Cl.Cl. The molecular weight excluding hydrogens is 337 g/mol. The van der Waals surface area contributed by atoms with E-state index in [0.717, 1.165) is 12.2 Å². The molecule has 1 saturated heterocycles. The third kappa shape index (κ3) is 5.94. The Labute approximate surface area is 150 Å². The molecule has 0 bridgehead atoms. The summed E-state index contributed by atoms with van der Waals surface area (Å²) in [5.74, 6) is 0.00954. The first-order valence-corrected chi connectivity index (χ1v) is 7.39. The quantitative estimate of drug-likeness (QED) is 0.841. The van der Waals surface area contributed by atoms with E-state index in [4.69, 9.17) is 10.5 Å². The first-order chi connectivity index (χ1) is 10.1. The van der Waals surface area contributed by atoms with E-state index < -0.39 is 5.41 Å². The van der Waals surface area contributed by atoms with Crippen molar-refractivity contribution in [1.29, 1.82) is 0 Å². The van der Waals surface area contributed by atoms with Crippen molar-refractivity contribution < 1.29 is 9.53 Å². The molecule has 0 radical (unpaired) electrons. The number of halogens is 2. The van der Waals surface area contributed by atoms with Crippen LogP contribution < -0.4 is 11.1 Å². The Morgan fingerprint density at radius 1 is 1.30 bits per heavy atom. The Kier molecular flexibility index (Phi) is 9.73.